The zero-order valence-electron chi connectivity index (χ0n) is 19.0. The molecule has 1 saturated carbocycles. The van der Waals surface area contributed by atoms with E-state index in [1.54, 1.807) is 18.5 Å². The molecule has 2 heterocycles. The lowest BCUT2D eigenvalue weighted by Gasteiger charge is -2.20. The molecular formula is C23H26N6O4S. The lowest BCUT2D eigenvalue weighted by atomic mass is 10.1. The maximum absolute atomic E-state index is 12.6. The first-order valence-electron chi connectivity index (χ1n) is 11.1. The lowest BCUT2D eigenvalue weighted by molar-refractivity contribution is -0.106. The van der Waals surface area contributed by atoms with Crippen LogP contribution >= 0.6 is 0 Å². The lowest BCUT2D eigenvalue weighted by Crippen LogP contribution is -2.34. The van der Waals surface area contributed by atoms with Crippen molar-refractivity contribution in [1.29, 1.82) is 0 Å². The van der Waals surface area contributed by atoms with Crippen molar-refractivity contribution in [2.24, 2.45) is 0 Å². The molecule has 1 unspecified atom stereocenters. The van der Waals surface area contributed by atoms with E-state index in [9.17, 15) is 13.2 Å². The average molecular weight is 483 g/mol. The molecule has 1 aliphatic carbocycles. The van der Waals surface area contributed by atoms with E-state index in [2.05, 4.69) is 25.3 Å². The Morgan fingerprint density at radius 3 is 2.56 bits per heavy atom. The van der Waals surface area contributed by atoms with Crippen LogP contribution in [0, 0.1) is 0 Å². The largest absolute Gasteiger partial charge is 0.477 e. The van der Waals surface area contributed by atoms with Gasteiger partial charge in [0.2, 0.25) is 28.3 Å². The van der Waals surface area contributed by atoms with E-state index < -0.39 is 15.3 Å². The molecule has 1 aromatic carbocycles. The van der Waals surface area contributed by atoms with E-state index >= 15 is 0 Å². The number of hydrogen-bond donors (Lipinski definition) is 1. The second kappa shape index (κ2) is 10.1. The number of aromatic nitrogens is 4. The summed E-state index contributed by atoms with van der Waals surface area (Å²) in [7, 11) is -3.78. The van der Waals surface area contributed by atoms with Gasteiger partial charge >= 0.3 is 0 Å². The van der Waals surface area contributed by atoms with Gasteiger partial charge in [-0.15, -0.1) is 0 Å². The molecule has 1 fully saturated rings. The number of hydrogen-bond acceptors (Lipinski definition) is 9. The maximum Gasteiger partial charge on any atom is 0.246 e. The SMILES string of the molecule is CCOc1cncc(-c2ccc(NC(CC)c3ccnc(N(C=O)S(=O)(=O)C4CC4)n3)cc2)n1. The standard InChI is InChI=1S/C23H26N6O4S/c1-3-19(20-11-12-25-23(28-20)29(15-30)34(31,32)18-9-10-18)26-17-7-5-16(6-8-17)21-13-24-14-22(27-21)33-4-2/h5-8,11-15,18-19,26H,3-4,9-10H2,1-2H3. The highest BCUT2D eigenvalue weighted by Gasteiger charge is 2.41. The van der Waals surface area contributed by atoms with Gasteiger partial charge < -0.3 is 10.1 Å². The molecular weight excluding hydrogens is 456 g/mol. The van der Waals surface area contributed by atoms with E-state index in [0.717, 1.165) is 11.3 Å². The van der Waals surface area contributed by atoms with E-state index in [0.29, 0.717) is 47.4 Å². The Labute approximate surface area is 198 Å². The van der Waals surface area contributed by atoms with Crippen molar-refractivity contribution in [2.45, 2.75) is 44.4 Å². The van der Waals surface area contributed by atoms with Crippen molar-refractivity contribution < 1.29 is 17.9 Å². The summed E-state index contributed by atoms with van der Waals surface area (Å²) >= 11 is 0. The van der Waals surface area contributed by atoms with E-state index in [1.165, 1.54) is 6.20 Å². The summed E-state index contributed by atoms with van der Waals surface area (Å²) in [6.07, 6.45) is 6.75. The quantitative estimate of drug-likeness (QED) is 0.409. The van der Waals surface area contributed by atoms with E-state index in [-0.39, 0.29) is 18.4 Å². The predicted molar refractivity (Wildman–Crippen MR) is 128 cm³/mol. The van der Waals surface area contributed by atoms with Gasteiger partial charge in [-0.3, -0.25) is 9.78 Å². The number of carbonyl (C=O) groups excluding carboxylic acids is 1. The van der Waals surface area contributed by atoms with Crippen LogP contribution in [0.3, 0.4) is 0 Å². The molecule has 1 N–H and O–H groups in total. The Hall–Kier alpha value is -3.60. The topological polar surface area (TPSA) is 127 Å². The van der Waals surface area contributed by atoms with Crippen molar-refractivity contribution in [3.8, 4) is 17.1 Å². The second-order valence-electron chi connectivity index (χ2n) is 7.79. The molecule has 0 spiro atoms. The number of sulfonamides is 1. The summed E-state index contributed by atoms with van der Waals surface area (Å²) < 4.78 is 31.2. The Balaban J connectivity index is 1.52. The molecule has 10 nitrogen and oxygen atoms in total. The van der Waals surface area contributed by atoms with Crippen LogP contribution in [-0.2, 0) is 14.8 Å². The Morgan fingerprint density at radius 1 is 1.15 bits per heavy atom. The first-order chi connectivity index (χ1) is 16.5. The third kappa shape index (κ3) is 5.14. The molecule has 0 bridgehead atoms. The highest BCUT2D eigenvalue weighted by molar-refractivity contribution is 7.94. The van der Waals surface area contributed by atoms with Crippen molar-refractivity contribution >= 4 is 28.1 Å². The molecule has 2 aromatic heterocycles. The van der Waals surface area contributed by atoms with Gasteiger partial charge in [-0.1, -0.05) is 19.1 Å². The van der Waals surface area contributed by atoms with Crippen LogP contribution in [0.5, 0.6) is 5.88 Å². The Kier molecular flexibility index (Phi) is 7.01. The summed E-state index contributed by atoms with van der Waals surface area (Å²) in [5.41, 5.74) is 3.03. The van der Waals surface area contributed by atoms with Gasteiger partial charge in [0.05, 0.1) is 41.7 Å². The molecule has 0 radical (unpaired) electrons. The fraction of sp³-hybridized carbons (Fsp3) is 0.348. The average Bonchev–Trinajstić information content (AvgIpc) is 3.70. The first-order valence-corrected chi connectivity index (χ1v) is 12.6. The van der Waals surface area contributed by atoms with Gasteiger partial charge in [-0.05, 0) is 44.4 Å². The molecule has 11 heteroatoms. The van der Waals surface area contributed by atoms with E-state index in [4.69, 9.17) is 4.74 Å². The van der Waals surface area contributed by atoms with Crippen LogP contribution in [-0.4, -0.2) is 46.6 Å². The van der Waals surface area contributed by atoms with Gasteiger partial charge in [0, 0.05) is 17.4 Å². The summed E-state index contributed by atoms with van der Waals surface area (Å²) in [5, 5.41) is 2.87. The van der Waals surface area contributed by atoms with Crippen molar-refractivity contribution in [3.05, 3.63) is 54.6 Å². The Bertz CT molecular complexity index is 1250. The molecule has 34 heavy (non-hydrogen) atoms. The summed E-state index contributed by atoms with van der Waals surface area (Å²) in [6, 6.07) is 9.19. The van der Waals surface area contributed by atoms with Gasteiger partial charge in [0.1, 0.15) is 0 Å². The van der Waals surface area contributed by atoms with Crippen LogP contribution in [0.4, 0.5) is 11.6 Å². The van der Waals surface area contributed by atoms with Crippen molar-refractivity contribution in [1.82, 2.24) is 19.9 Å². The number of anilines is 2. The zero-order chi connectivity index (χ0) is 24.1. The third-order valence-electron chi connectivity index (χ3n) is 5.37. The highest BCUT2D eigenvalue weighted by atomic mass is 32.2. The number of rotatable bonds is 11. The molecule has 0 aliphatic heterocycles. The monoisotopic (exact) mass is 482 g/mol. The summed E-state index contributed by atoms with van der Waals surface area (Å²) in [5.74, 6) is 0.337. The van der Waals surface area contributed by atoms with Crippen LogP contribution in [0.25, 0.3) is 11.3 Å². The van der Waals surface area contributed by atoms with Gasteiger partial charge in [0.25, 0.3) is 0 Å². The molecule has 1 amide bonds. The number of amides is 1. The Morgan fingerprint density at radius 2 is 1.91 bits per heavy atom. The van der Waals surface area contributed by atoms with Crippen molar-refractivity contribution in [2.75, 3.05) is 16.2 Å². The van der Waals surface area contributed by atoms with Crippen molar-refractivity contribution in [3.63, 3.8) is 0 Å². The zero-order valence-corrected chi connectivity index (χ0v) is 19.8. The molecule has 1 atom stereocenters. The van der Waals surface area contributed by atoms with Crippen LogP contribution in [0.1, 0.15) is 44.8 Å². The van der Waals surface area contributed by atoms with Gasteiger partial charge in [-0.25, -0.2) is 23.4 Å². The fourth-order valence-corrected chi connectivity index (χ4v) is 4.93. The molecule has 4 rings (SSSR count). The van der Waals surface area contributed by atoms with Crippen LogP contribution in [0.15, 0.2) is 48.9 Å². The van der Waals surface area contributed by atoms with E-state index in [1.807, 2.05) is 38.1 Å². The molecule has 0 saturated heterocycles. The smallest absolute Gasteiger partial charge is 0.246 e. The second-order valence-corrected chi connectivity index (χ2v) is 9.88. The number of ether oxygens (including phenoxy) is 1. The summed E-state index contributed by atoms with van der Waals surface area (Å²) in [6.45, 7) is 4.39. The highest BCUT2D eigenvalue weighted by Crippen LogP contribution is 2.32. The fourth-order valence-electron chi connectivity index (χ4n) is 3.44. The maximum atomic E-state index is 12.6. The molecule has 3 aromatic rings. The third-order valence-corrected chi connectivity index (χ3v) is 7.48. The van der Waals surface area contributed by atoms with Crippen LogP contribution in [0.2, 0.25) is 0 Å². The van der Waals surface area contributed by atoms with Crippen LogP contribution < -0.4 is 14.4 Å². The number of nitrogens with zero attached hydrogens (tertiary/aromatic N) is 5. The number of benzene rings is 1. The molecule has 178 valence electrons. The minimum absolute atomic E-state index is 0.136. The first kappa shape index (κ1) is 23.6. The van der Waals surface area contributed by atoms with Gasteiger partial charge in [0.15, 0.2) is 0 Å². The minimum Gasteiger partial charge on any atom is -0.477 e. The predicted octanol–water partition coefficient (Wildman–Crippen LogP) is 3.35. The van der Waals surface area contributed by atoms with Gasteiger partial charge in [-0.2, -0.15) is 4.31 Å². The number of nitrogens with one attached hydrogen (secondary N) is 1. The minimum atomic E-state index is -3.78. The molecule has 1 aliphatic rings. The summed E-state index contributed by atoms with van der Waals surface area (Å²) in [4.78, 5) is 28.6. The normalized spacial score (nSPS) is 14.3. The number of carbonyl (C=O) groups is 1.